The van der Waals surface area contributed by atoms with E-state index in [9.17, 15) is 12.8 Å². The zero-order valence-corrected chi connectivity index (χ0v) is 16.0. The number of benzene rings is 2. The van der Waals surface area contributed by atoms with Crippen molar-refractivity contribution < 1.29 is 12.8 Å². The van der Waals surface area contributed by atoms with Gasteiger partial charge in [-0.05, 0) is 42.3 Å². The lowest BCUT2D eigenvalue weighted by Gasteiger charge is -2.34. The average Bonchev–Trinajstić information content (AvgIpc) is 3.07. The van der Waals surface area contributed by atoms with Gasteiger partial charge in [-0.25, -0.2) is 12.8 Å². The molecule has 1 aliphatic heterocycles. The van der Waals surface area contributed by atoms with Crippen molar-refractivity contribution >= 4 is 20.9 Å². The van der Waals surface area contributed by atoms with Crippen LogP contribution in [0.1, 0.15) is 11.1 Å². The van der Waals surface area contributed by atoms with Crippen LogP contribution < -0.4 is 0 Å². The van der Waals surface area contributed by atoms with Gasteiger partial charge < -0.3 is 4.98 Å². The van der Waals surface area contributed by atoms with Crippen LogP contribution in [0.5, 0.6) is 0 Å². The van der Waals surface area contributed by atoms with E-state index in [0.29, 0.717) is 31.7 Å². The Hall–Kier alpha value is -2.22. The van der Waals surface area contributed by atoms with Crippen LogP contribution in [0.3, 0.4) is 0 Å². The lowest BCUT2D eigenvalue weighted by atomic mass is 10.1. The highest BCUT2D eigenvalue weighted by molar-refractivity contribution is 7.89. The fourth-order valence-corrected chi connectivity index (χ4v) is 5.07. The van der Waals surface area contributed by atoms with Gasteiger partial charge in [0.15, 0.2) is 0 Å². The van der Waals surface area contributed by atoms with Crippen molar-refractivity contribution in [1.29, 1.82) is 0 Å². The van der Waals surface area contributed by atoms with E-state index in [0.717, 1.165) is 12.1 Å². The number of aromatic nitrogens is 1. The first-order valence-electron chi connectivity index (χ1n) is 8.99. The molecule has 0 unspecified atom stereocenters. The lowest BCUT2D eigenvalue weighted by Crippen LogP contribution is -2.48. The summed E-state index contributed by atoms with van der Waals surface area (Å²) in [5.74, 6) is -0.391. The van der Waals surface area contributed by atoms with E-state index in [-0.39, 0.29) is 4.90 Å². The molecular formula is C20H22FN3O2S. The van der Waals surface area contributed by atoms with Gasteiger partial charge in [0.05, 0.1) is 4.90 Å². The number of fused-ring (bicyclic) bond motifs is 1. The molecule has 1 aromatic heterocycles. The minimum absolute atomic E-state index is 0.159. The van der Waals surface area contributed by atoms with Crippen LogP contribution in [-0.4, -0.2) is 48.8 Å². The number of nitrogens with one attached hydrogen (secondary N) is 1. The zero-order chi connectivity index (χ0) is 19.0. The predicted octanol–water partition coefficient (Wildman–Crippen LogP) is 3.12. The van der Waals surface area contributed by atoms with E-state index in [4.69, 9.17) is 0 Å². The van der Waals surface area contributed by atoms with Crippen molar-refractivity contribution in [3.8, 4) is 0 Å². The van der Waals surface area contributed by atoms with Crippen molar-refractivity contribution in [2.24, 2.45) is 0 Å². The summed E-state index contributed by atoms with van der Waals surface area (Å²) < 4.78 is 40.6. The predicted molar refractivity (Wildman–Crippen MR) is 103 cm³/mol. The van der Waals surface area contributed by atoms with E-state index < -0.39 is 15.8 Å². The van der Waals surface area contributed by atoms with E-state index in [1.807, 2.05) is 24.4 Å². The third-order valence-corrected chi connectivity index (χ3v) is 7.06. The van der Waals surface area contributed by atoms with Gasteiger partial charge in [-0.3, -0.25) is 4.90 Å². The molecule has 0 aliphatic carbocycles. The van der Waals surface area contributed by atoms with Crippen molar-refractivity contribution in [3.05, 3.63) is 65.6 Å². The number of hydrogen-bond acceptors (Lipinski definition) is 3. The molecule has 1 saturated heterocycles. The van der Waals surface area contributed by atoms with Crippen LogP contribution in [0.25, 0.3) is 10.9 Å². The molecule has 0 radical (unpaired) electrons. The molecule has 2 aromatic carbocycles. The summed E-state index contributed by atoms with van der Waals surface area (Å²) >= 11 is 0. The molecule has 1 N–H and O–H groups in total. The van der Waals surface area contributed by atoms with Crippen molar-refractivity contribution in [3.63, 3.8) is 0 Å². The van der Waals surface area contributed by atoms with Gasteiger partial charge in [0.1, 0.15) is 5.82 Å². The molecular weight excluding hydrogens is 365 g/mol. The molecule has 142 valence electrons. The smallest absolute Gasteiger partial charge is 0.243 e. The van der Waals surface area contributed by atoms with E-state index in [1.54, 1.807) is 6.92 Å². The molecule has 1 fully saturated rings. The SMILES string of the molecule is Cc1cc(S(=O)(=O)N2CCN(Cc3c[nH]c4ccccc34)CC2)ccc1F. The first-order chi connectivity index (χ1) is 12.9. The second kappa shape index (κ2) is 7.07. The van der Waals surface area contributed by atoms with Crippen LogP contribution >= 0.6 is 0 Å². The standard InChI is InChI=1S/C20H22FN3O2S/c1-15-12-17(6-7-19(15)21)27(25,26)24-10-8-23(9-11-24)14-16-13-22-20-5-3-2-4-18(16)20/h2-7,12-13,22H,8-11,14H2,1H3. The fourth-order valence-electron chi connectivity index (χ4n) is 3.56. The molecule has 1 aliphatic rings. The van der Waals surface area contributed by atoms with E-state index in [1.165, 1.54) is 33.5 Å². The maximum atomic E-state index is 13.5. The average molecular weight is 387 g/mol. The monoisotopic (exact) mass is 387 g/mol. The third kappa shape index (κ3) is 3.50. The number of aromatic amines is 1. The largest absolute Gasteiger partial charge is 0.361 e. The third-order valence-electron chi connectivity index (χ3n) is 5.17. The van der Waals surface area contributed by atoms with Crippen LogP contribution in [0.15, 0.2) is 53.6 Å². The van der Waals surface area contributed by atoms with Crippen molar-refractivity contribution in [2.75, 3.05) is 26.2 Å². The molecule has 7 heteroatoms. The van der Waals surface area contributed by atoms with Crippen LogP contribution in [0.4, 0.5) is 4.39 Å². The number of aryl methyl sites for hydroxylation is 1. The quantitative estimate of drug-likeness (QED) is 0.748. The Morgan fingerprint density at radius 1 is 1.07 bits per heavy atom. The number of nitrogens with zero attached hydrogens (tertiary/aromatic N) is 2. The lowest BCUT2D eigenvalue weighted by molar-refractivity contribution is 0.182. The minimum atomic E-state index is -3.59. The molecule has 4 rings (SSSR count). The number of H-pyrrole nitrogens is 1. The Morgan fingerprint density at radius 3 is 2.56 bits per heavy atom. The van der Waals surface area contributed by atoms with Crippen molar-refractivity contribution in [2.45, 2.75) is 18.4 Å². The summed E-state index contributed by atoms with van der Waals surface area (Å²) in [6.45, 7) is 4.56. The van der Waals surface area contributed by atoms with Crippen LogP contribution in [0, 0.1) is 12.7 Å². The zero-order valence-electron chi connectivity index (χ0n) is 15.2. The van der Waals surface area contributed by atoms with Crippen LogP contribution in [-0.2, 0) is 16.6 Å². The second-order valence-corrected chi connectivity index (χ2v) is 8.89. The molecule has 27 heavy (non-hydrogen) atoms. The molecule has 0 saturated carbocycles. The molecule has 0 spiro atoms. The van der Waals surface area contributed by atoms with Gasteiger partial charge in [-0.15, -0.1) is 0 Å². The number of sulfonamides is 1. The summed E-state index contributed by atoms with van der Waals surface area (Å²) in [4.78, 5) is 5.70. The van der Waals surface area contributed by atoms with E-state index >= 15 is 0 Å². The first kappa shape index (κ1) is 18.2. The Bertz CT molecular complexity index is 1070. The minimum Gasteiger partial charge on any atom is -0.361 e. The summed E-state index contributed by atoms with van der Waals surface area (Å²) in [5.41, 5.74) is 2.67. The highest BCUT2D eigenvalue weighted by atomic mass is 32.2. The first-order valence-corrected chi connectivity index (χ1v) is 10.4. The normalized spacial score (nSPS) is 16.8. The Kier molecular flexibility index (Phi) is 4.75. The van der Waals surface area contributed by atoms with Gasteiger partial charge >= 0.3 is 0 Å². The number of para-hydroxylation sites is 1. The maximum absolute atomic E-state index is 13.5. The molecule has 0 atom stereocenters. The molecule has 5 nitrogen and oxygen atoms in total. The van der Waals surface area contributed by atoms with Crippen LogP contribution in [0.2, 0.25) is 0 Å². The Labute approximate surface area is 158 Å². The second-order valence-electron chi connectivity index (χ2n) is 6.95. The Balaban J connectivity index is 1.44. The highest BCUT2D eigenvalue weighted by Crippen LogP contribution is 2.23. The topological polar surface area (TPSA) is 56.4 Å². The number of halogens is 1. The summed E-state index contributed by atoms with van der Waals surface area (Å²) in [6, 6.07) is 12.1. The molecule has 0 bridgehead atoms. The van der Waals surface area contributed by atoms with Gasteiger partial charge in [0, 0.05) is 49.8 Å². The summed E-state index contributed by atoms with van der Waals surface area (Å²) in [6.07, 6.45) is 2.02. The Morgan fingerprint density at radius 2 is 1.81 bits per heavy atom. The van der Waals surface area contributed by atoms with E-state index in [2.05, 4.69) is 16.0 Å². The number of rotatable bonds is 4. The van der Waals surface area contributed by atoms with Gasteiger partial charge in [-0.2, -0.15) is 4.31 Å². The molecule has 2 heterocycles. The fraction of sp³-hybridized carbons (Fsp3) is 0.300. The van der Waals surface area contributed by atoms with Crippen molar-refractivity contribution in [1.82, 2.24) is 14.2 Å². The molecule has 0 amide bonds. The maximum Gasteiger partial charge on any atom is 0.243 e. The summed E-state index contributed by atoms with van der Waals surface area (Å²) in [5, 5.41) is 1.20. The van der Waals surface area contributed by atoms with Gasteiger partial charge in [0.2, 0.25) is 10.0 Å². The van der Waals surface area contributed by atoms with Gasteiger partial charge in [-0.1, -0.05) is 18.2 Å². The summed E-state index contributed by atoms with van der Waals surface area (Å²) in [7, 11) is -3.59. The number of piperazine rings is 1. The highest BCUT2D eigenvalue weighted by Gasteiger charge is 2.29. The number of hydrogen-bond donors (Lipinski definition) is 1. The van der Waals surface area contributed by atoms with Gasteiger partial charge in [0.25, 0.3) is 0 Å². The molecule has 3 aromatic rings.